The van der Waals surface area contributed by atoms with Crippen molar-refractivity contribution in [3.63, 3.8) is 0 Å². The number of methoxy groups -OCH3 is 1. The summed E-state index contributed by atoms with van der Waals surface area (Å²) in [6, 6.07) is 23.0. The van der Waals surface area contributed by atoms with Gasteiger partial charge >= 0.3 is 0 Å². The van der Waals surface area contributed by atoms with Crippen LogP contribution < -0.4 is 9.47 Å². The number of allylic oxidation sites excluding steroid dienone is 1. The van der Waals surface area contributed by atoms with Crippen LogP contribution in [0.15, 0.2) is 78.9 Å². The van der Waals surface area contributed by atoms with Gasteiger partial charge in [0.2, 0.25) is 0 Å². The van der Waals surface area contributed by atoms with Crippen LogP contribution in [0.1, 0.15) is 27.0 Å². The maximum atomic E-state index is 12.2. The van der Waals surface area contributed by atoms with Gasteiger partial charge in [0.25, 0.3) is 0 Å². The average molecular weight is 358 g/mol. The van der Waals surface area contributed by atoms with Gasteiger partial charge in [-0.25, -0.2) is 0 Å². The van der Waals surface area contributed by atoms with Crippen molar-refractivity contribution in [3.05, 3.63) is 101 Å². The van der Waals surface area contributed by atoms with Crippen LogP contribution in [0.5, 0.6) is 11.5 Å². The van der Waals surface area contributed by atoms with Crippen molar-refractivity contribution >= 4 is 11.9 Å². The number of ketones is 1. The number of benzene rings is 3. The predicted octanol–water partition coefficient (Wildman–Crippen LogP) is 5.48. The van der Waals surface area contributed by atoms with E-state index in [1.165, 1.54) is 5.56 Å². The number of carbonyl (C=O) groups excluding carboxylic acids is 1. The number of hydrogen-bond acceptors (Lipinski definition) is 3. The highest BCUT2D eigenvalue weighted by Gasteiger charge is 2.02. The molecule has 3 aromatic rings. The van der Waals surface area contributed by atoms with Crippen LogP contribution in [0.4, 0.5) is 0 Å². The molecule has 0 unspecified atom stereocenters. The first kappa shape index (κ1) is 18.5. The van der Waals surface area contributed by atoms with Crippen LogP contribution in [0, 0.1) is 6.92 Å². The Morgan fingerprint density at radius 2 is 1.48 bits per heavy atom. The van der Waals surface area contributed by atoms with Crippen molar-refractivity contribution < 1.29 is 14.3 Å². The van der Waals surface area contributed by atoms with Crippen LogP contribution in [0.2, 0.25) is 0 Å². The monoisotopic (exact) mass is 358 g/mol. The molecule has 27 heavy (non-hydrogen) atoms. The Balaban J connectivity index is 1.56. The summed E-state index contributed by atoms with van der Waals surface area (Å²) < 4.78 is 10.9. The van der Waals surface area contributed by atoms with E-state index in [0.717, 1.165) is 22.6 Å². The van der Waals surface area contributed by atoms with Crippen LogP contribution >= 0.6 is 0 Å². The van der Waals surface area contributed by atoms with Crippen LogP contribution in [0.3, 0.4) is 0 Å². The molecular weight excluding hydrogens is 336 g/mol. The Labute approximate surface area is 159 Å². The standard InChI is InChI=1S/C24H22O3/c1-18-3-5-20(6-4-18)17-27-23-12-7-19(8-13-23)9-16-24(25)21-10-14-22(26-2)15-11-21/h3-16H,17H2,1-2H3/b16-9+. The van der Waals surface area contributed by atoms with E-state index in [9.17, 15) is 4.79 Å². The second-order valence-corrected chi connectivity index (χ2v) is 6.27. The summed E-state index contributed by atoms with van der Waals surface area (Å²) in [4.78, 5) is 12.2. The van der Waals surface area contributed by atoms with Crippen molar-refractivity contribution in [1.29, 1.82) is 0 Å². The highest BCUT2D eigenvalue weighted by atomic mass is 16.5. The molecule has 0 saturated heterocycles. The minimum atomic E-state index is -0.0441. The van der Waals surface area contributed by atoms with Crippen molar-refractivity contribution in [2.75, 3.05) is 7.11 Å². The third-order valence-electron chi connectivity index (χ3n) is 4.21. The Morgan fingerprint density at radius 3 is 2.11 bits per heavy atom. The number of rotatable bonds is 7. The van der Waals surface area contributed by atoms with Gasteiger partial charge in [0.15, 0.2) is 5.78 Å². The number of carbonyl (C=O) groups is 1. The lowest BCUT2D eigenvalue weighted by atomic mass is 10.1. The lowest BCUT2D eigenvalue weighted by Crippen LogP contribution is -1.95. The van der Waals surface area contributed by atoms with Gasteiger partial charge in [-0.05, 0) is 60.5 Å². The van der Waals surface area contributed by atoms with Gasteiger partial charge in [-0.1, -0.05) is 48.0 Å². The molecule has 0 fully saturated rings. The molecule has 0 atom stereocenters. The minimum absolute atomic E-state index is 0.0441. The first-order valence-corrected chi connectivity index (χ1v) is 8.79. The SMILES string of the molecule is COc1ccc(C(=O)/C=C/c2ccc(OCc3ccc(C)cc3)cc2)cc1. The smallest absolute Gasteiger partial charge is 0.185 e. The van der Waals surface area contributed by atoms with E-state index in [0.29, 0.717) is 12.2 Å². The van der Waals surface area contributed by atoms with Gasteiger partial charge in [0.1, 0.15) is 18.1 Å². The summed E-state index contributed by atoms with van der Waals surface area (Å²) in [5, 5.41) is 0. The Hall–Kier alpha value is -3.33. The van der Waals surface area contributed by atoms with Gasteiger partial charge in [0.05, 0.1) is 7.11 Å². The minimum Gasteiger partial charge on any atom is -0.497 e. The molecule has 136 valence electrons. The molecule has 0 bridgehead atoms. The molecule has 0 aromatic heterocycles. The Bertz CT molecular complexity index is 905. The second-order valence-electron chi connectivity index (χ2n) is 6.27. The lowest BCUT2D eigenvalue weighted by molar-refractivity contribution is 0.104. The molecule has 3 nitrogen and oxygen atoms in total. The molecular formula is C24H22O3. The summed E-state index contributed by atoms with van der Waals surface area (Å²) in [7, 11) is 1.60. The zero-order valence-corrected chi connectivity index (χ0v) is 15.5. The summed E-state index contributed by atoms with van der Waals surface area (Å²) in [5.74, 6) is 1.49. The van der Waals surface area contributed by atoms with Crippen molar-refractivity contribution in [2.45, 2.75) is 13.5 Å². The van der Waals surface area contributed by atoms with E-state index in [-0.39, 0.29) is 5.78 Å². The third kappa shape index (κ3) is 5.32. The normalized spacial score (nSPS) is 10.7. The fraction of sp³-hybridized carbons (Fsp3) is 0.125. The lowest BCUT2D eigenvalue weighted by Gasteiger charge is -2.07. The summed E-state index contributed by atoms with van der Waals surface area (Å²) in [6.45, 7) is 2.60. The highest BCUT2D eigenvalue weighted by Crippen LogP contribution is 2.16. The molecule has 0 aliphatic heterocycles. The molecule has 0 amide bonds. The molecule has 0 aliphatic carbocycles. The molecule has 0 saturated carbocycles. The first-order chi connectivity index (χ1) is 13.1. The molecule has 3 aromatic carbocycles. The number of hydrogen-bond donors (Lipinski definition) is 0. The summed E-state index contributed by atoms with van der Waals surface area (Å²) in [6.07, 6.45) is 3.38. The summed E-state index contributed by atoms with van der Waals surface area (Å²) in [5.41, 5.74) is 3.94. The largest absolute Gasteiger partial charge is 0.497 e. The maximum Gasteiger partial charge on any atom is 0.185 e. The third-order valence-corrected chi connectivity index (χ3v) is 4.21. The molecule has 0 heterocycles. The van der Waals surface area contributed by atoms with Crippen molar-refractivity contribution in [3.8, 4) is 11.5 Å². The van der Waals surface area contributed by atoms with Crippen LogP contribution in [0.25, 0.3) is 6.08 Å². The fourth-order valence-corrected chi connectivity index (χ4v) is 2.55. The molecule has 0 spiro atoms. The van der Waals surface area contributed by atoms with E-state index >= 15 is 0 Å². The van der Waals surface area contributed by atoms with Crippen molar-refractivity contribution in [1.82, 2.24) is 0 Å². The maximum absolute atomic E-state index is 12.2. The topological polar surface area (TPSA) is 35.5 Å². The fourth-order valence-electron chi connectivity index (χ4n) is 2.55. The van der Waals surface area contributed by atoms with Crippen LogP contribution in [-0.4, -0.2) is 12.9 Å². The van der Waals surface area contributed by atoms with E-state index in [1.54, 1.807) is 43.5 Å². The van der Waals surface area contributed by atoms with Gasteiger partial charge in [-0.15, -0.1) is 0 Å². The average Bonchev–Trinajstić information content (AvgIpc) is 2.72. The first-order valence-electron chi connectivity index (χ1n) is 8.79. The molecule has 0 aliphatic rings. The Morgan fingerprint density at radius 1 is 0.852 bits per heavy atom. The summed E-state index contributed by atoms with van der Waals surface area (Å²) >= 11 is 0. The second kappa shape index (κ2) is 8.86. The predicted molar refractivity (Wildman–Crippen MR) is 108 cm³/mol. The molecule has 0 radical (unpaired) electrons. The zero-order chi connectivity index (χ0) is 19.1. The highest BCUT2D eigenvalue weighted by molar-refractivity contribution is 6.06. The molecule has 0 N–H and O–H groups in total. The van der Waals surface area contributed by atoms with Crippen LogP contribution in [-0.2, 0) is 6.61 Å². The quantitative estimate of drug-likeness (QED) is 0.414. The van der Waals surface area contributed by atoms with Gasteiger partial charge < -0.3 is 9.47 Å². The van der Waals surface area contributed by atoms with Crippen molar-refractivity contribution in [2.24, 2.45) is 0 Å². The van der Waals surface area contributed by atoms with E-state index in [4.69, 9.17) is 9.47 Å². The Kier molecular flexibility index (Phi) is 6.06. The van der Waals surface area contributed by atoms with E-state index in [2.05, 4.69) is 31.2 Å². The molecule has 3 heteroatoms. The molecule has 3 rings (SSSR count). The number of ether oxygens (including phenoxy) is 2. The van der Waals surface area contributed by atoms with E-state index < -0.39 is 0 Å². The zero-order valence-electron chi connectivity index (χ0n) is 15.5. The van der Waals surface area contributed by atoms with Gasteiger partial charge in [0, 0.05) is 5.56 Å². The van der Waals surface area contributed by atoms with Gasteiger partial charge in [-0.3, -0.25) is 4.79 Å². The van der Waals surface area contributed by atoms with E-state index in [1.807, 2.05) is 24.3 Å². The number of aryl methyl sites for hydroxylation is 1. The van der Waals surface area contributed by atoms with Gasteiger partial charge in [-0.2, -0.15) is 0 Å².